The lowest BCUT2D eigenvalue weighted by Crippen LogP contribution is -2.40. The van der Waals surface area contributed by atoms with Crippen molar-refractivity contribution in [3.63, 3.8) is 0 Å². The summed E-state index contributed by atoms with van der Waals surface area (Å²) in [6, 6.07) is 79.4. The predicted molar refractivity (Wildman–Crippen MR) is 290 cm³/mol. The van der Waals surface area contributed by atoms with E-state index in [1.54, 1.807) is 0 Å². The Balaban J connectivity index is 1.10. The van der Waals surface area contributed by atoms with Gasteiger partial charge in [-0.25, -0.2) is 0 Å². The molecule has 338 valence electrons. The van der Waals surface area contributed by atoms with Crippen molar-refractivity contribution in [2.75, 3.05) is 4.90 Å². The largest absolute Gasteiger partial charge is 0.310 e. The molecule has 0 aromatic heterocycles. The molecule has 1 unspecified atom stereocenters. The number of para-hydroxylation sites is 1. The van der Waals surface area contributed by atoms with Gasteiger partial charge in [-0.05, 0) is 143 Å². The fourth-order valence-electron chi connectivity index (χ4n) is 12.8. The van der Waals surface area contributed by atoms with Crippen molar-refractivity contribution in [3.05, 3.63) is 279 Å². The molecule has 0 heterocycles. The van der Waals surface area contributed by atoms with Crippen LogP contribution in [0.4, 0.5) is 17.1 Å². The molecule has 0 bridgehead atoms. The van der Waals surface area contributed by atoms with Crippen molar-refractivity contribution < 1.29 is 0 Å². The Morgan fingerprint density at radius 1 is 0.319 bits per heavy atom. The molecule has 69 heavy (non-hydrogen) atoms. The van der Waals surface area contributed by atoms with Gasteiger partial charge in [0.25, 0.3) is 0 Å². The average molecular weight is 892 g/mol. The van der Waals surface area contributed by atoms with Gasteiger partial charge >= 0.3 is 0 Å². The summed E-state index contributed by atoms with van der Waals surface area (Å²) in [5.41, 5.74) is 24.8. The van der Waals surface area contributed by atoms with Crippen molar-refractivity contribution in [3.8, 4) is 22.3 Å². The summed E-state index contributed by atoms with van der Waals surface area (Å²) >= 11 is 0. The Labute approximate surface area is 410 Å². The molecular weight excluding hydrogens is 831 g/mol. The Morgan fingerprint density at radius 3 is 1.38 bits per heavy atom. The molecule has 9 aromatic rings. The van der Waals surface area contributed by atoms with Gasteiger partial charge in [-0.1, -0.05) is 231 Å². The van der Waals surface area contributed by atoms with Gasteiger partial charge in [0.1, 0.15) is 0 Å². The van der Waals surface area contributed by atoms with Crippen LogP contribution in [0.1, 0.15) is 128 Å². The highest BCUT2D eigenvalue weighted by atomic mass is 15.1. The Morgan fingerprint density at radius 2 is 0.768 bits per heavy atom. The maximum atomic E-state index is 2.51. The minimum atomic E-state index is -0.561. The minimum absolute atomic E-state index is 0.0320. The Bertz CT molecular complexity index is 3420. The topological polar surface area (TPSA) is 3.24 Å². The van der Waals surface area contributed by atoms with E-state index in [1.807, 2.05) is 0 Å². The first-order valence-corrected chi connectivity index (χ1v) is 24.9. The highest BCUT2D eigenvalue weighted by molar-refractivity contribution is 5.93. The van der Waals surface area contributed by atoms with E-state index in [0.29, 0.717) is 0 Å². The maximum Gasteiger partial charge on any atom is 0.0719 e. The van der Waals surface area contributed by atoms with E-state index in [0.717, 1.165) is 17.1 Å². The third kappa shape index (κ3) is 6.15. The molecule has 12 rings (SSSR count). The summed E-state index contributed by atoms with van der Waals surface area (Å²) in [4.78, 5) is 2.49. The van der Waals surface area contributed by atoms with E-state index in [-0.39, 0.29) is 16.2 Å². The number of nitrogens with zero attached hydrogens (tertiary/aromatic N) is 1. The third-order valence-corrected chi connectivity index (χ3v) is 16.2. The lowest BCUT2D eigenvalue weighted by Gasteiger charge is -2.46. The number of fused-ring (bicyclic) bond motifs is 12. The first-order chi connectivity index (χ1) is 33.1. The molecule has 3 aliphatic carbocycles. The van der Waals surface area contributed by atoms with E-state index in [1.165, 1.54) is 94.6 Å². The zero-order valence-corrected chi connectivity index (χ0v) is 41.6. The number of hydrogen-bond acceptors (Lipinski definition) is 1. The summed E-state index contributed by atoms with van der Waals surface area (Å²) in [5, 5.41) is 0. The van der Waals surface area contributed by atoms with Crippen LogP contribution in [0.3, 0.4) is 0 Å². The van der Waals surface area contributed by atoms with Gasteiger partial charge in [0, 0.05) is 22.5 Å². The zero-order chi connectivity index (χ0) is 47.7. The van der Waals surface area contributed by atoms with Gasteiger partial charge in [-0.3, -0.25) is 0 Å². The average Bonchev–Trinajstić information content (AvgIpc) is 3.81. The van der Waals surface area contributed by atoms with Gasteiger partial charge in [-0.15, -0.1) is 0 Å². The summed E-state index contributed by atoms with van der Waals surface area (Å²) in [5.74, 6) is 0. The molecule has 0 amide bonds. The number of aryl methyl sites for hydroxylation is 1. The van der Waals surface area contributed by atoms with E-state index in [4.69, 9.17) is 0 Å². The van der Waals surface area contributed by atoms with Crippen LogP contribution >= 0.6 is 0 Å². The summed E-state index contributed by atoms with van der Waals surface area (Å²) in [6.45, 7) is 20.9. The predicted octanol–water partition coefficient (Wildman–Crippen LogP) is 17.4. The summed E-state index contributed by atoms with van der Waals surface area (Å²) in [6.07, 6.45) is 0. The highest BCUT2D eigenvalue weighted by Crippen LogP contribution is 2.63. The Hall–Kier alpha value is -7.22. The molecule has 0 saturated heterocycles. The smallest absolute Gasteiger partial charge is 0.0719 e. The highest BCUT2D eigenvalue weighted by Gasteiger charge is 2.53. The van der Waals surface area contributed by atoms with Gasteiger partial charge in [0.15, 0.2) is 0 Å². The van der Waals surface area contributed by atoms with Crippen molar-refractivity contribution >= 4 is 17.1 Å². The van der Waals surface area contributed by atoms with Crippen LogP contribution in [-0.4, -0.2) is 0 Å². The third-order valence-electron chi connectivity index (χ3n) is 16.2. The van der Waals surface area contributed by atoms with Crippen LogP contribution in [0.2, 0.25) is 0 Å². The molecule has 0 radical (unpaired) electrons. The first-order valence-electron chi connectivity index (χ1n) is 24.9. The van der Waals surface area contributed by atoms with Gasteiger partial charge in [0.2, 0.25) is 0 Å². The number of anilines is 3. The number of hydrogen-bond donors (Lipinski definition) is 0. The summed E-state index contributed by atoms with van der Waals surface area (Å²) in [7, 11) is 0. The molecule has 1 spiro atoms. The SMILES string of the molecule is Cc1ccc2c(c1)C(C)(C)c1ccccc1C21c2ccccc2-c2cc(N(c3ccccc3)c3ccc4c(c3)C(c3ccc(C(C)(C)C)cc3)(c3ccc(C(C)(C)C)cc3)c3ccccc3-4)ccc21. The molecule has 0 fully saturated rings. The minimum Gasteiger partial charge on any atom is -0.310 e. The second-order valence-electron chi connectivity index (χ2n) is 22.6. The Kier molecular flexibility index (Phi) is 9.45. The quantitative estimate of drug-likeness (QED) is 0.166. The summed E-state index contributed by atoms with van der Waals surface area (Å²) < 4.78 is 0. The van der Waals surface area contributed by atoms with Crippen LogP contribution in [0.25, 0.3) is 22.3 Å². The standard InChI is InChI=1S/C68H61N/c1-44-27-39-61-63(41-44)66(8,9)59-25-17-18-26-60(59)68(61)57-24-16-14-22-53(57)55-42-50(37-40-58(55)68)69(49-19-11-10-12-20-49)51-36-38-54-52-21-13-15-23-56(52)67(62(54)43-51,47-32-28-45(29-33-47)64(2,3)4)48-34-30-46(31-35-48)65(5,6)7/h10-43H,1-9H3. The molecule has 1 nitrogen and oxygen atoms in total. The normalized spacial score (nSPS) is 16.8. The van der Waals surface area contributed by atoms with Crippen LogP contribution in [0.15, 0.2) is 206 Å². The molecule has 0 N–H and O–H groups in total. The van der Waals surface area contributed by atoms with Crippen molar-refractivity contribution in [1.29, 1.82) is 0 Å². The second-order valence-corrected chi connectivity index (χ2v) is 22.6. The van der Waals surface area contributed by atoms with E-state index >= 15 is 0 Å². The zero-order valence-electron chi connectivity index (χ0n) is 41.6. The van der Waals surface area contributed by atoms with Gasteiger partial charge in [0.05, 0.1) is 10.8 Å². The lowest BCUT2D eigenvalue weighted by atomic mass is 9.55. The molecule has 9 aromatic carbocycles. The fraction of sp³-hybridized carbons (Fsp3) is 0.206. The maximum absolute atomic E-state index is 2.51. The molecule has 3 aliphatic rings. The van der Waals surface area contributed by atoms with Crippen molar-refractivity contribution in [2.24, 2.45) is 0 Å². The first kappa shape index (κ1) is 43.1. The van der Waals surface area contributed by atoms with Crippen LogP contribution in [0, 0.1) is 6.92 Å². The van der Waals surface area contributed by atoms with E-state index in [2.05, 4.69) is 273 Å². The molecule has 1 heteroatoms. The van der Waals surface area contributed by atoms with Crippen molar-refractivity contribution in [1.82, 2.24) is 0 Å². The van der Waals surface area contributed by atoms with Gasteiger partial charge < -0.3 is 4.90 Å². The number of rotatable bonds is 5. The van der Waals surface area contributed by atoms with Crippen LogP contribution in [0.5, 0.6) is 0 Å². The lowest BCUT2D eigenvalue weighted by molar-refractivity contribution is 0.562. The fourth-order valence-corrected chi connectivity index (χ4v) is 12.8. The van der Waals surface area contributed by atoms with E-state index < -0.39 is 10.8 Å². The van der Waals surface area contributed by atoms with E-state index in [9.17, 15) is 0 Å². The van der Waals surface area contributed by atoms with Crippen LogP contribution in [-0.2, 0) is 27.1 Å². The van der Waals surface area contributed by atoms with Gasteiger partial charge in [-0.2, -0.15) is 0 Å². The molecular formula is C68H61N. The second kappa shape index (κ2) is 15.1. The van der Waals surface area contributed by atoms with Crippen LogP contribution < -0.4 is 4.90 Å². The van der Waals surface area contributed by atoms with Crippen molar-refractivity contribution in [2.45, 2.75) is 89.4 Å². The molecule has 1 atom stereocenters. The monoisotopic (exact) mass is 891 g/mol. The molecule has 0 saturated carbocycles. The number of benzene rings is 9. The molecule has 0 aliphatic heterocycles.